The van der Waals surface area contributed by atoms with Crippen molar-refractivity contribution < 1.29 is 9.50 Å². The maximum atomic E-state index is 13.9. The predicted octanol–water partition coefficient (Wildman–Crippen LogP) is 2.25. The molecule has 0 spiro atoms. The van der Waals surface area contributed by atoms with E-state index in [1.807, 2.05) is 14.1 Å². The highest BCUT2D eigenvalue weighted by Gasteiger charge is 2.15. The summed E-state index contributed by atoms with van der Waals surface area (Å²) in [6, 6.07) is 7.69. The monoisotopic (exact) mass is 318 g/mol. The van der Waals surface area contributed by atoms with Gasteiger partial charge < -0.3 is 21.1 Å². The minimum absolute atomic E-state index is 0.198. The van der Waals surface area contributed by atoms with Gasteiger partial charge in [0.25, 0.3) is 0 Å². The number of aromatic nitrogens is 1. The van der Waals surface area contributed by atoms with E-state index in [2.05, 4.69) is 15.2 Å². The zero-order valence-electron chi connectivity index (χ0n) is 13.5. The van der Waals surface area contributed by atoms with Crippen LogP contribution in [0.5, 0.6) is 0 Å². The summed E-state index contributed by atoms with van der Waals surface area (Å²) in [7, 11) is 4.05. The zero-order valence-corrected chi connectivity index (χ0v) is 13.5. The molecule has 23 heavy (non-hydrogen) atoms. The average molecular weight is 318 g/mol. The van der Waals surface area contributed by atoms with Gasteiger partial charge in [-0.2, -0.15) is 0 Å². The minimum Gasteiger partial charge on any atom is -0.399 e. The molecule has 124 valence electrons. The van der Waals surface area contributed by atoms with E-state index in [-0.39, 0.29) is 5.56 Å². The van der Waals surface area contributed by atoms with Gasteiger partial charge in [-0.15, -0.1) is 0 Å². The van der Waals surface area contributed by atoms with Crippen LogP contribution >= 0.6 is 0 Å². The molecule has 0 radical (unpaired) electrons. The fourth-order valence-electron chi connectivity index (χ4n) is 2.27. The summed E-state index contributed by atoms with van der Waals surface area (Å²) < 4.78 is 13.9. The first-order valence-corrected chi connectivity index (χ1v) is 7.55. The second kappa shape index (κ2) is 7.89. The lowest BCUT2D eigenvalue weighted by molar-refractivity contribution is 0.215. The third-order valence-electron chi connectivity index (χ3n) is 3.51. The smallest absolute Gasteiger partial charge is 0.131 e. The Bertz CT molecular complexity index is 648. The first-order valence-electron chi connectivity index (χ1n) is 7.55. The van der Waals surface area contributed by atoms with Crippen molar-refractivity contribution in [2.24, 2.45) is 0 Å². The molecule has 0 saturated heterocycles. The lowest BCUT2D eigenvalue weighted by atomic mass is 10.0. The Kier molecular flexibility index (Phi) is 5.90. The van der Waals surface area contributed by atoms with Gasteiger partial charge in [-0.25, -0.2) is 9.37 Å². The summed E-state index contributed by atoms with van der Waals surface area (Å²) in [5.41, 5.74) is 6.64. The molecule has 0 saturated carbocycles. The summed E-state index contributed by atoms with van der Waals surface area (Å²) in [4.78, 5) is 6.33. The highest BCUT2D eigenvalue weighted by molar-refractivity contribution is 5.45. The number of hydrogen-bond acceptors (Lipinski definition) is 5. The van der Waals surface area contributed by atoms with E-state index in [0.29, 0.717) is 17.1 Å². The van der Waals surface area contributed by atoms with E-state index < -0.39 is 11.9 Å². The second-order valence-electron chi connectivity index (χ2n) is 5.74. The Morgan fingerprint density at radius 1 is 1.30 bits per heavy atom. The van der Waals surface area contributed by atoms with Crippen LogP contribution in [0.3, 0.4) is 0 Å². The van der Waals surface area contributed by atoms with E-state index in [1.165, 1.54) is 12.1 Å². The largest absolute Gasteiger partial charge is 0.399 e. The predicted molar refractivity (Wildman–Crippen MR) is 90.8 cm³/mol. The van der Waals surface area contributed by atoms with E-state index in [9.17, 15) is 9.50 Å². The molecule has 1 heterocycles. The SMILES string of the molecule is CN(C)CCCNc1cc(C(O)c2ccc(N)cc2F)ccn1. The molecule has 0 aliphatic rings. The third-order valence-corrected chi connectivity index (χ3v) is 3.51. The van der Waals surface area contributed by atoms with Gasteiger partial charge in [-0.3, -0.25) is 0 Å². The molecule has 0 fully saturated rings. The van der Waals surface area contributed by atoms with Crippen LogP contribution < -0.4 is 11.1 Å². The van der Waals surface area contributed by atoms with Crippen LogP contribution in [0.15, 0.2) is 36.5 Å². The van der Waals surface area contributed by atoms with Crippen molar-refractivity contribution in [3.8, 4) is 0 Å². The number of aliphatic hydroxyl groups excluding tert-OH is 1. The van der Waals surface area contributed by atoms with Gasteiger partial charge in [0, 0.05) is 24.0 Å². The topological polar surface area (TPSA) is 74.4 Å². The van der Waals surface area contributed by atoms with E-state index >= 15 is 0 Å². The standard InChI is InChI=1S/C17H23FN4O/c1-22(2)9-3-7-20-16-10-12(6-8-21-16)17(23)14-5-4-13(19)11-15(14)18/h4-6,8,10-11,17,23H,3,7,9,19H2,1-2H3,(H,20,21). The average Bonchev–Trinajstić information content (AvgIpc) is 2.51. The molecule has 1 unspecified atom stereocenters. The maximum absolute atomic E-state index is 13.9. The maximum Gasteiger partial charge on any atom is 0.131 e. The van der Waals surface area contributed by atoms with Crippen LogP contribution in [0.2, 0.25) is 0 Å². The van der Waals surface area contributed by atoms with Gasteiger partial charge in [0.1, 0.15) is 17.7 Å². The molecular weight excluding hydrogens is 295 g/mol. The lowest BCUT2D eigenvalue weighted by Crippen LogP contribution is -2.16. The molecule has 2 aromatic rings. The van der Waals surface area contributed by atoms with Crippen molar-refractivity contribution >= 4 is 11.5 Å². The highest BCUT2D eigenvalue weighted by Crippen LogP contribution is 2.26. The van der Waals surface area contributed by atoms with Gasteiger partial charge >= 0.3 is 0 Å². The molecule has 2 rings (SSSR count). The molecule has 1 atom stereocenters. The summed E-state index contributed by atoms with van der Waals surface area (Å²) in [6.45, 7) is 1.76. The van der Waals surface area contributed by atoms with Gasteiger partial charge in [-0.1, -0.05) is 6.07 Å². The fraction of sp³-hybridized carbons (Fsp3) is 0.353. The van der Waals surface area contributed by atoms with Crippen LogP contribution in [-0.4, -0.2) is 42.2 Å². The van der Waals surface area contributed by atoms with Crippen molar-refractivity contribution in [3.63, 3.8) is 0 Å². The summed E-state index contributed by atoms with van der Waals surface area (Å²) >= 11 is 0. The van der Waals surface area contributed by atoms with E-state index in [4.69, 9.17) is 5.73 Å². The van der Waals surface area contributed by atoms with E-state index in [0.717, 1.165) is 19.5 Å². The van der Waals surface area contributed by atoms with Crippen LogP contribution in [0.1, 0.15) is 23.7 Å². The molecule has 4 N–H and O–H groups in total. The van der Waals surface area contributed by atoms with Crippen molar-refractivity contribution in [1.29, 1.82) is 0 Å². The van der Waals surface area contributed by atoms with Crippen molar-refractivity contribution in [1.82, 2.24) is 9.88 Å². The van der Waals surface area contributed by atoms with Gasteiger partial charge in [0.15, 0.2) is 0 Å². The molecule has 0 bridgehead atoms. The molecule has 5 nitrogen and oxygen atoms in total. The van der Waals surface area contributed by atoms with Crippen molar-refractivity contribution in [2.45, 2.75) is 12.5 Å². The Labute approximate surface area is 136 Å². The first-order chi connectivity index (χ1) is 11.0. The number of benzene rings is 1. The Morgan fingerprint density at radius 2 is 2.09 bits per heavy atom. The number of nitrogens with zero attached hydrogens (tertiary/aromatic N) is 2. The molecule has 0 amide bonds. The molecule has 0 aliphatic carbocycles. The van der Waals surface area contributed by atoms with E-state index in [1.54, 1.807) is 24.4 Å². The number of halogens is 1. The van der Waals surface area contributed by atoms with Crippen molar-refractivity contribution in [3.05, 3.63) is 53.5 Å². The zero-order chi connectivity index (χ0) is 16.8. The van der Waals surface area contributed by atoms with Gasteiger partial charge in [0.2, 0.25) is 0 Å². The number of aliphatic hydroxyl groups is 1. The fourth-order valence-corrected chi connectivity index (χ4v) is 2.27. The normalized spacial score (nSPS) is 12.4. The van der Waals surface area contributed by atoms with Gasteiger partial charge in [-0.05, 0) is 56.9 Å². The lowest BCUT2D eigenvalue weighted by Gasteiger charge is -2.14. The molecular formula is C17H23FN4O. The Morgan fingerprint density at radius 3 is 2.78 bits per heavy atom. The minimum atomic E-state index is -1.05. The number of anilines is 2. The number of rotatable bonds is 7. The molecule has 0 aliphatic heterocycles. The first kappa shape index (κ1) is 17.2. The molecule has 6 heteroatoms. The quantitative estimate of drug-likeness (QED) is 0.539. The molecule has 1 aromatic heterocycles. The second-order valence-corrected chi connectivity index (χ2v) is 5.74. The number of hydrogen-bond donors (Lipinski definition) is 3. The number of nitrogen functional groups attached to an aromatic ring is 1. The highest BCUT2D eigenvalue weighted by atomic mass is 19.1. The number of nitrogens with one attached hydrogen (secondary N) is 1. The van der Waals surface area contributed by atoms with Crippen LogP contribution in [-0.2, 0) is 0 Å². The summed E-state index contributed by atoms with van der Waals surface area (Å²) in [6.07, 6.45) is 1.52. The summed E-state index contributed by atoms with van der Waals surface area (Å²) in [5, 5.41) is 13.6. The van der Waals surface area contributed by atoms with Crippen molar-refractivity contribution in [2.75, 3.05) is 38.2 Å². The van der Waals surface area contributed by atoms with Crippen LogP contribution in [0.4, 0.5) is 15.9 Å². The number of nitrogens with two attached hydrogens (primary N) is 1. The third kappa shape index (κ3) is 4.91. The summed E-state index contributed by atoms with van der Waals surface area (Å²) in [5.74, 6) is 0.144. The Balaban J connectivity index is 2.06. The Hall–Kier alpha value is -2.18. The van der Waals surface area contributed by atoms with Crippen LogP contribution in [0, 0.1) is 5.82 Å². The number of pyridine rings is 1. The van der Waals surface area contributed by atoms with Gasteiger partial charge in [0.05, 0.1) is 0 Å². The van der Waals surface area contributed by atoms with Crippen LogP contribution in [0.25, 0.3) is 0 Å². The molecule has 1 aromatic carbocycles.